The van der Waals surface area contributed by atoms with Crippen molar-refractivity contribution >= 4 is 82.0 Å². The highest BCUT2D eigenvalue weighted by Gasteiger charge is 2.23. The third-order valence-electron chi connectivity index (χ3n) is 7.33. The van der Waals surface area contributed by atoms with E-state index in [9.17, 15) is 0 Å². The van der Waals surface area contributed by atoms with Crippen molar-refractivity contribution in [3.63, 3.8) is 0 Å². The van der Waals surface area contributed by atoms with Crippen LogP contribution in [0.1, 0.15) is 0 Å². The molecule has 0 aliphatic carbocycles. The van der Waals surface area contributed by atoms with Crippen LogP contribution in [0.15, 0.2) is 99.8 Å². The molecule has 0 unspecified atom stereocenters. The predicted octanol–water partition coefficient (Wildman–Crippen LogP) is 8.64. The lowest BCUT2D eigenvalue weighted by molar-refractivity contribution is 0.669. The molecule has 0 amide bonds. The van der Waals surface area contributed by atoms with Gasteiger partial charge < -0.3 is 13.2 Å². The maximum atomic E-state index is 6.43. The number of nitrogens with zero attached hydrogens (tertiary/aromatic N) is 1. The Balaban J connectivity index is 1.60. The largest absolute Gasteiger partial charge is 0.456 e. The highest BCUT2D eigenvalue weighted by atomic mass is 16.3. The SMILES string of the molecule is c1ccc2c(c1)oc1c2ccc2c1c1cccc3c4c5c(ccc4n2c13)oc1ccccc15. The molecule has 0 saturated carbocycles. The molecule has 3 nitrogen and oxygen atoms in total. The summed E-state index contributed by atoms with van der Waals surface area (Å²) >= 11 is 0. The number of aromatic nitrogens is 1. The van der Waals surface area contributed by atoms with E-state index in [1.807, 2.05) is 24.3 Å². The van der Waals surface area contributed by atoms with Gasteiger partial charge in [-0.2, -0.15) is 0 Å². The summed E-state index contributed by atoms with van der Waals surface area (Å²) in [7, 11) is 0. The molecule has 0 saturated heterocycles. The van der Waals surface area contributed by atoms with Crippen molar-refractivity contribution in [3.8, 4) is 0 Å². The van der Waals surface area contributed by atoms with Crippen LogP contribution in [0.5, 0.6) is 0 Å². The Morgan fingerprint density at radius 2 is 1.09 bits per heavy atom. The topological polar surface area (TPSA) is 30.7 Å². The van der Waals surface area contributed by atoms with E-state index in [4.69, 9.17) is 8.83 Å². The maximum Gasteiger partial charge on any atom is 0.145 e. The van der Waals surface area contributed by atoms with Gasteiger partial charge >= 0.3 is 0 Å². The van der Waals surface area contributed by atoms with Crippen LogP contribution in [-0.2, 0) is 0 Å². The van der Waals surface area contributed by atoms with Gasteiger partial charge in [0.1, 0.15) is 22.3 Å². The zero-order chi connectivity index (χ0) is 21.3. The van der Waals surface area contributed by atoms with E-state index in [1.54, 1.807) is 0 Å². The van der Waals surface area contributed by atoms with Crippen molar-refractivity contribution in [3.05, 3.63) is 91.0 Å². The van der Waals surface area contributed by atoms with E-state index in [1.165, 1.54) is 48.9 Å². The predicted molar refractivity (Wildman–Crippen MR) is 136 cm³/mol. The molecule has 0 fully saturated rings. The Morgan fingerprint density at radius 3 is 1.97 bits per heavy atom. The molecule has 0 radical (unpaired) electrons. The second kappa shape index (κ2) is 5.28. The van der Waals surface area contributed by atoms with Gasteiger partial charge in [0.15, 0.2) is 0 Å². The van der Waals surface area contributed by atoms with Crippen LogP contribution in [0.2, 0.25) is 0 Å². The molecule has 4 aromatic heterocycles. The Hall–Kier alpha value is -4.50. The number of fused-ring (bicyclic) bond motifs is 14. The van der Waals surface area contributed by atoms with Crippen molar-refractivity contribution in [1.29, 1.82) is 0 Å². The number of para-hydroxylation sites is 3. The van der Waals surface area contributed by atoms with Gasteiger partial charge in [-0.25, -0.2) is 0 Å². The fourth-order valence-corrected chi connectivity index (χ4v) is 6.05. The molecule has 3 heteroatoms. The first-order valence-electron chi connectivity index (χ1n) is 11.2. The van der Waals surface area contributed by atoms with Crippen LogP contribution in [0, 0.1) is 0 Å². The van der Waals surface area contributed by atoms with Crippen LogP contribution in [-0.4, -0.2) is 4.40 Å². The maximum absolute atomic E-state index is 6.43. The molecule has 152 valence electrons. The highest BCUT2D eigenvalue weighted by Crippen LogP contribution is 2.46. The van der Waals surface area contributed by atoms with Gasteiger partial charge in [-0.15, -0.1) is 0 Å². The lowest BCUT2D eigenvalue weighted by Crippen LogP contribution is -1.80. The summed E-state index contributed by atoms with van der Waals surface area (Å²) in [5.74, 6) is 0. The third kappa shape index (κ3) is 1.74. The van der Waals surface area contributed by atoms with Crippen molar-refractivity contribution in [2.45, 2.75) is 0 Å². The van der Waals surface area contributed by atoms with E-state index in [2.05, 4.69) is 71.1 Å². The molecular weight excluding hydrogens is 406 g/mol. The molecule has 5 aromatic carbocycles. The van der Waals surface area contributed by atoms with Gasteiger partial charge in [-0.3, -0.25) is 0 Å². The van der Waals surface area contributed by atoms with E-state index < -0.39 is 0 Å². The molecule has 0 aliphatic rings. The highest BCUT2D eigenvalue weighted by molar-refractivity contribution is 6.34. The second-order valence-corrected chi connectivity index (χ2v) is 8.90. The summed E-state index contributed by atoms with van der Waals surface area (Å²) in [6.07, 6.45) is 0. The smallest absolute Gasteiger partial charge is 0.145 e. The van der Waals surface area contributed by atoms with Crippen LogP contribution in [0.4, 0.5) is 0 Å². The summed E-state index contributed by atoms with van der Waals surface area (Å²) in [5.41, 5.74) is 7.38. The normalized spacial score (nSPS) is 12.8. The monoisotopic (exact) mass is 421 g/mol. The van der Waals surface area contributed by atoms with Crippen LogP contribution >= 0.6 is 0 Å². The van der Waals surface area contributed by atoms with Gasteiger partial charge in [-0.05, 0) is 36.4 Å². The van der Waals surface area contributed by atoms with E-state index in [-0.39, 0.29) is 0 Å². The number of furan rings is 2. The van der Waals surface area contributed by atoms with E-state index in [0.29, 0.717) is 0 Å². The number of rotatable bonds is 0. The molecule has 0 spiro atoms. The van der Waals surface area contributed by atoms with Crippen molar-refractivity contribution in [2.75, 3.05) is 0 Å². The number of benzene rings is 5. The van der Waals surface area contributed by atoms with Gasteiger partial charge in [0.05, 0.1) is 21.9 Å². The zero-order valence-corrected chi connectivity index (χ0v) is 17.4. The molecule has 33 heavy (non-hydrogen) atoms. The van der Waals surface area contributed by atoms with Gasteiger partial charge in [0.25, 0.3) is 0 Å². The molecule has 0 atom stereocenters. The lowest BCUT2D eigenvalue weighted by atomic mass is 10.0. The average molecular weight is 421 g/mol. The first kappa shape index (κ1) is 16.2. The molecule has 9 rings (SSSR count). The quantitative estimate of drug-likeness (QED) is 0.245. The minimum atomic E-state index is 0.929. The number of hydrogen-bond donors (Lipinski definition) is 0. The van der Waals surface area contributed by atoms with Crippen LogP contribution < -0.4 is 0 Å². The molecule has 0 N–H and O–H groups in total. The van der Waals surface area contributed by atoms with Gasteiger partial charge in [0.2, 0.25) is 0 Å². The van der Waals surface area contributed by atoms with E-state index in [0.717, 1.165) is 33.1 Å². The minimum Gasteiger partial charge on any atom is -0.456 e. The van der Waals surface area contributed by atoms with Crippen LogP contribution in [0.25, 0.3) is 82.0 Å². The Morgan fingerprint density at radius 1 is 0.424 bits per heavy atom. The summed E-state index contributed by atoms with van der Waals surface area (Å²) in [6, 6.07) is 32.0. The molecule has 0 aliphatic heterocycles. The lowest BCUT2D eigenvalue weighted by Gasteiger charge is -2.00. The molecule has 4 heterocycles. The zero-order valence-electron chi connectivity index (χ0n) is 17.4. The Kier molecular flexibility index (Phi) is 2.59. The Bertz CT molecular complexity index is 2240. The first-order valence-corrected chi connectivity index (χ1v) is 11.2. The number of hydrogen-bond acceptors (Lipinski definition) is 2. The van der Waals surface area contributed by atoms with E-state index >= 15 is 0 Å². The standard InChI is InChI=1S/C30H15NO2/c1-3-10-23-16(6-1)17-12-13-22-27(30(17)33-23)20-9-5-8-19-26-21(31(22)29(19)20)14-15-25-28(26)18-7-2-4-11-24(18)32-25/h1-15H. The van der Waals surface area contributed by atoms with Crippen molar-refractivity contribution in [1.82, 2.24) is 4.40 Å². The Labute approximate surface area is 186 Å². The first-order chi connectivity index (χ1) is 16.4. The van der Waals surface area contributed by atoms with Gasteiger partial charge in [0, 0.05) is 37.7 Å². The molecule has 0 bridgehead atoms. The summed E-state index contributed by atoms with van der Waals surface area (Å²) in [6.45, 7) is 0. The van der Waals surface area contributed by atoms with Gasteiger partial charge in [-0.1, -0.05) is 54.6 Å². The fourth-order valence-electron chi connectivity index (χ4n) is 6.05. The fraction of sp³-hybridized carbons (Fsp3) is 0. The molecule has 9 aromatic rings. The molecular formula is C30H15NO2. The van der Waals surface area contributed by atoms with Crippen molar-refractivity contribution < 1.29 is 8.83 Å². The minimum absolute atomic E-state index is 0.929. The summed E-state index contributed by atoms with van der Waals surface area (Å²) in [5, 5.41) is 9.60. The average Bonchev–Trinajstić information content (AvgIpc) is 3.59. The van der Waals surface area contributed by atoms with Crippen molar-refractivity contribution in [2.24, 2.45) is 0 Å². The summed E-state index contributed by atoms with van der Waals surface area (Å²) < 4.78 is 15.0. The third-order valence-corrected chi connectivity index (χ3v) is 7.33. The van der Waals surface area contributed by atoms with Crippen LogP contribution in [0.3, 0.4) is 0 Å². The summed E-state index contributed by atoms with van der Waals surface area (Å²) in [4.78, 5) is 0. The second-order valence-electron chi connectivity index (χ2n) is 8.90.